The molecule has 0 saturated carbocycles. The van der Waals surface area contributed by atoms with E-state index < -0.39 is 0 Å². The standard InChI is InChI=1S/C11H14S/c1-7-4-5-10-8(2)9(3)12-11(10)6-7/h4-6,8-9H,1-3H3. The topological polar surface area (TPSA) is 0 Å². The minimum Gasteiger partial charge on any atom is -0.122 e. The number of fused-ring (bicyclic) bond motifs is 1. The molecule has 0 aliphatic carbocycles. The summed E-state index contributed by atoms with van der Waals surface area (Å²) < 4.78 is 0. The number of hydrogen-bond donors (Lipinski definition) is 0. The molecule has 0 radical (unpaired) electrons. The minimum atomic E-state index is 0.727. The largest absolute Gasteiger partial charge is 0.122 e. The zero-order valence-electron chi connectivity index (χ0n) is 7.79. The quantitative estimate of drug-likeness (QED) is 0.585. The van der Waals surface area contributed by atoms with Crippen LogP contribution >= 0.6 is 11.8 Å². The summed E-state index contributed by atoms with van der Waals surface area (Å²) in [5, 5.41) is 0.752. The van der Waals surface area contributed by atoms with Gasteiger partial charge in [-0.2, -0.15) is 0 Å². The van der Waals surface area contributed by atoms with E-state index >= 15 is 0 Å². The SMILES string of the molecule is Cc1ccc2c(c1)SC(C)C2C. The van der Waals surface area contributed by atoms with E-state index in [4.69, 9.17) is 0 Å². The molecule has 1 aromatic rings. The van der Waals surface area contributed by atoms with Gasteiger partial charge in [0.1, 0.15) is 0 Å². The summed E-state index contributed by atoms with van der Waals surface area (Å²) >= 11 is 2.01. The molecule has 0 nitrogen and oxygen atoms in total. The number of thioether (sulfide) groups is 1. The van der Waals surface area contributed by atoms with Crippen molar-refractivity contribution in [1.82, 2.24) is 0 Å². The van der Waals surface area contributed by atoms with Gasteiger partial charge < -0.3 is 0 Å². The average Bonchev–Trinajstić information content (AvgIpc) is 2.28. The average molecular weight is 178 g/mol. The highest BCUT2D eigenvalue weighted by atomic mass is 32.2. The Bertz CT molecular complexity index is 304. The van der Waals surface area contributed by atoms with Crippen LogP contribution in [0.3, 0.4) is 0 Å². The number of benzene rings is 1. The van der Waals surface area contributed by atoms with Crippen LogP contribution in [0.25, 0.3) is 0 Å². The molecule has 1 heteroatoms. The van der Waals surface area contributed by atoms with Crippen LogP contribution in [0.4, 0.5) is 0 Å². The van der Waals surface area contributed by atoms with E-state index in [0.29, 0.717) is 0 Å². The molecule has 0 amide bonds. The highest BCUT2D eigenvalue weighted by Crippen LogP contribution is 2.44. The fraction of sp³-hybridized carbons (Fsp3) is 0.455. The van der Waals surface area contributed by atoms with Crippen molar-refractivity contribution in [1.29, 1.82) is 0 Å². The Morgan fingerprint density at radius 1 is 1.25 bits per heavy atom. The zero-order valence-corrected chi connectivity index (χ0v) is 8.61. The summed E-state index contributed by atoms with van der Waals surface area (Å²) in [6.45, 7) is 6.79. The molecule has 0 aromatic heterocycles. The van der Waals surface area contributed by atoms with E-state index in [1.54, 1.807) is 0 Å². The van der Waals surface area contributed by atoms with Crippen LogP contribution < -0.4 is 0 Å². The van der Waals surface area contributed by atoms with Gasteiger partial charge in [-0.25, -0.2) is 0 Å². The van der Waals surface area contributed by atoms with E-state index in [1.165, 1.54) is 16.0 Å². The molecule has 0 spiro atoms. The van der Waals surface area contributed by atoms with Crippen LogP contribution in [0.15, 0.2) is 23.1 Å². The van der Waals surface area contributed by atoms with Gasteiger partial charge in [0.15, 0.2) is 0 Å². The first-order valence-corrected chi connectivity index (χ1v) is 5.33. The number of rotatable bonds is 0. The molecule has 1 heterocycles. The third-order valence-electron chi connectivity index (χ3n) is 2.68. The predicted molar refractivity (Wildman–Crippen MR) is 54.9 cm³/mol. The summed E-state index contributed by atoms with van der Waals surface area (Å²) in [5.41, 5.74) is 2.92. The Hall–Kier alpha value is -0.430. The lowest BCUT2D eigenvalue weighted by Crippen LogP contribution is -1.99. The van der Waals surface area contributed by atoms with Gasteiger partial charge in [-0.15, -0.1) is 11.8 Å². The third kappa shape index (κ3) is 1.16. The molecule has 1 aliphatic heterocycles. The van der Waals surface area contributed by atoms with E-state index in [-0.39, 0.29) is 0 Å². The monoisotopic (exact) mass is 178 g/mol. The summed E-state index contributed by atoms with van der Waals surface area (Å²) in [4.78, 5) is 1.50. The van der Waals surface area contributed by atoms with Crippen LogP contribution in [0.1, 0.15) is 30.9 Å². The van der Waals surface area contributed by atoms with Gasteiger partial charge in [0.2, 0.25) is 0 Å². The molecule has 2 atom stereocenters. The fourth-order valence-corrected chi connectivity index (χ4v) is 3.07. The summed E-state index contributed by atoms with van der Waals surface area (Å²) in [6.07, 6.45) is 0. The Morgan fingerprint density at radius 2 is 2.00 bits per heavy atom. The van der Waals surface area contributed by atoms with Crippen LogP contribution in [-0.4, -0.2) is 5.25 Å². The molecular formula is C11H14S. The van der Waals surface area contributed by atoms with Crippen molar-refractivity contribution in [3.05, 3.63) is 29.3 Å². The first-order chi connectivity index (χ1) is 5.68. The fourth-order valence-electron chi connectivity index (χ4n) is 1.68. The highest BCUT2D eigenvalue weighted by Gasteiger charge is 2.25. The van der Waals surface area contributed by atoms with E-state index in [1.807, 2.05) is 11.8 Å². The molecule has 0 N–H and O–H groups in total. The molecule has 2 rings (SSSR count). The van der Waals surface area contributed by atoms with Gasteiger partial charge in [-0.3, -0.25) is 0 Å². The van der Waals surface area contributed by atoms with Crippen molar-refractivity contribution in [3.8, 4) is 0 Å². The zero-order chi connectivity index (χ0) is 8.72. The van der Waals surface area contributed by atoms with Gasteiger partial charge in [0, 0.05) is 10.1 Å². The van der Waals surface area contributed by atoms with Crippen molar-refractivity contribution in [3.63, 3.8) is 0 Å². The van der Waals surface area contributed by atoms with Crippen molar-refractivity contribution in [2.75, 3.05) is 0 Å². The number of hydrogen-bond acceptors (Lipinski definition) is 1. The molecule has 1 aliphatic rings. The second-order valence-electron chi connectivity index (χ2n) is 3.65. The van der Waals surface area contributed by atoms with E-state index in [0.717, 1.165) is 11.2 Å². The minimum absolute atomic E-state index is 0.727. The molecule has 0 bridgehead atoms. The van der Waals surface area contributed by atoms with Crippen LogP contribution in [-0.2, 0) is 0 Å². The Morgan fingerprint density at radius 3 is 2.75 bits per heavy atom. The van der Waals surface area contributed by atoms with E-state index in [9.17, 15) is 0 Å². The first-order valence-electron chi connectivity index (χ1n) is 4.45. The Kier molecular flexibility index (Phi) is 1.91. The summed E-state index contributed by atoms with van der Waals surface area (Å²) in [5.74, 6) is 0.727. The smallest absolute Gasteiger partial charge is 0.0133 e. The lowest BCUT2D eigenvalue weighted by atomic mass is 9.98. The second-order valence-corrected chi connectivity index (χ2v) is 5.07. The third-order valence-corrected chi connectivity index (χ3v) is 4.06. The molecule has 0 fully saturated rings. The lowest BCUT2D eigenvalue weighted by molar-refractivity contribution is 0.761. The summed E-state index contributed by atoms with van der Waals surface area (Å²) in [6, 6.07) is 6.81. The van der Waals surface area contributed by atoms with Crippen molar-refractivity contribution < 1.29 is 0 Å². The normalized spacial score (nSPS) is 27.2. The molecule has 0 saturated heterocycles. The van der Waals surface area contributed by atoms with Gasteiger partial charge in [0.25, 0.3) is 0 Å². The van der Waals surface area contributed by atoms with Crippen LogP contribution in [0, 0.1) is 6.92 Å². The van der Waals surface area contributed by atoms with Crippen LogP contribution in [0.5, 0.6) is 0 Å². The molecule has 2 unspecified atom stereocenters. The molecule has 1 aromatic carbocycles. The van der Waals surface area contributed by atoms with Crippen LogP contribution in [0.2, 0.25) is 0 Å². The lowest BCUT2D eigenvalue weighted by Gasteiger charge is -2.07. The van der Waals surface area contributed by atoms with E-state index in [2.05, 4.69) is 39.0 Å². The molecule has 64 valence electrons. The van der Waals surface area contributed by atoms with Crippen molar-refractivity contribution in [2.45, 2.75) is 36.8 Å². The second kappa shape index (κ2) is 2.81. The highest BCUT2D eigenvalue weighted by molar-refractivity contribution is 8.00. The number of aryl methyl sites for hydroxylation is 1. The first kappa shape index (κ1) is 8.18. The summed E-state index contributed by atoms with van der Waals surface area (Å²) in [7, 11) is 0. The molecule has 12 heavy (non-hydrogen) atoms. The van der Waals surface area contributed by atoms with Gasteiger partial charge >= 0.3 is 0 Å². The maximum atomic E-state index is 2.32. The maximum absolute atomic E-state index is 2.32. The Labute approximate surface area is 78.4 Å². The molecular weight excluding hydrogens is 164 g/mol. The van der Waals surface area contributed by atoms with Gasteiger partial charge in [-0.1, -0.05) is 31.5 Å². The van der Waals surface area contributed by atoms with Gasteiger partial charge in [0.05, 0.1) is 0 Å². The van der Waals surface area contributed by atoms with Crippen molar-refractivity contribution >= 4 is 11.8 Å². The maximum Gasteiger partial charge on any atom is 0.0133 e. The van der Waals surface area contributed by atoms with Crippen molar-refractivity contribution in [2.24, 2.45) is 0 Å². The Balaban J connectivity index is 2.47. The predicted octanol–water partition coefficient (Wildman–Crippen LogP) is 3.59. The van der Waals surface area contributed by atoms with Gasteiger partial charge in [-0.05, 0) is 24.5 Å².